The predicted octanol–water partition coefficient (Wildman–Crippen LogP) is 3.42. The molecule has 0 aliphatic heterocycles. The molecule has 0 fully saturated rings. The zero-order valence-corrected chi connectivity index (χ0v) is 11.5. The summed E-state index contributed by atoms with van der Waals surface area (Å²) in [5, 5.41) is 6.73. The van der Waals surface area contributed by atoms with Crippen molar-refractivity contribution in [2.24, 2.45) is 0 Å². The Morgan fingerprint density at radius 2 is 2.20 bits per heavy atom. The van der Waals surface area contributed by atoms with E-state index in [2.05, 4.69) is 15.1 Å². The summed E-state index contributed by atoms with van der Waals surface area (Å²) >= 11 is 1.59. The summed E-state index contributed by atoms with van der Waals surface area (Å²) in [4.78, 5) is 9.05. The van der Waals surface area contributed by atoms with Gasteiger partial charge in [0.2, 0.25) is 0 Å². The number of hydrogen-bond donors (Lipinski definition) is 0. The molecule has 0 radical (unpaired) electrons. The van der Waals surface area contributed by atoms with Gasteiger partial charge in [0.05, 0.1) is 23.7 Å². The molecule has 4 aromatic rings. The van der Waals surface area contributed by atoms with Gasteiger partial charge in [-0.1, -0.05) is 11.2 Å². The Hall–Kier alpha value is -2.47. The van der Waals surface area contributed by atoms with E-state index in [1.165, 1.54) is 0 Å². The van der Waals surface area contributed by atoms with Gasteiger partial charge in [-0.05, 0) is 19.1 Å². The normalized spacial score (nSPS) is 11.2. The van der Waals surface area contributed by atoms with Crippen LogP contribution in [-0.4, -0.2) is 19.5 Å². The minimum absolute atomic E-state index is 0.778. The van der Waals surface area contributed by atoms with Crippen LogP contribution in [0.2, 0.25) is 0 Å². The van der Waals surface area contributed by atoms with Gasteiger partial charge in [0.25, 0.3) is 0 Å². The Bertz CT molecular complexity index is 889. The number of pyridine rings is 1. The van der Waals surface area contributed by atoms with Crippen molar-refractivity contribution in [3.8, 4) is 22.0 Å². The molecule has 4 aromatic heterocycles. The summed E-state index contributed by atoms with van der Waals surface area (Å²) in [5.74, 6) is 0.778. The van der Waals surface area contributed by atoms with E-state index in [0.717, 1.165) is 33.4 Å². The Labute approximate surface area is 118 Å². The van der Waals surface area contributed by atoms with Crippen LogP contribution in [0.15, 0.2) is 46.7 Å². The van der Waals surface area contributed by atoms with Crippen molar-refractivity contribution in [1.82, 2.24) is 19.5 Å². The summed E-state index contributed by atoms with van der Waals surface area (Å²) < 4.78 is 7.12. The molecular weight excluding hydrogens is 272 g/mol. The number of fused-ring (bicyclic) bond motifs is 1. The van der Waals surface area contributed by atoms with Crippen LogP contribution in [0, 0.1) is 6.92 Å². The fourth-order valence-electron chi connectivity index (χ4n) is 2.15. The summed E-state index contributed by atoms with van der Waals surface area (Å²) in [6.45, 7) is 1.88. The van der Waals surface area contributed by atoms with Gasteiger partial charge in [-0.25, -0.2) is 9.97 Å². The van der Waals surface area contributed by atoms with Crippen LogP contribution in [-0.2, 0) is 0 Å². The molecule has 0 atom stereocenters. The Balaban J connectivity index is 1.84. The highest BCUT2D eigenvalue weighted by molar-refractivity contribution is 7.13. The van der Waals surface area contributed by atoms with E-state index in [1.54, 1.807) is 17.5 Å². The number of rotatable bonds is 2. The molecule has 0 saturated carbocycles. The molecule has 98 valence electrons. The molecule has 0 saturated heterocycles. The summed E-state index contributed by atoms with van der Waals surface area (Å²) in [6.07, 6.45) is 5.53. The highest BCUT2D eigenvalue weighted by Crippen LogP contribution is 2.30. The second-order valence-corrected chi connectivity index (χ2v) is 5.26. The SMILES string of the molecule is Cc1oncc1-c1csc(-c2cnc3ccccn23)n1. The first-order chi connectivity index (χ1) is 9.83. The van der Waals surface area contributed by atoms with Crippen molar-refractivity contribution in [1.29, 1.82) is 0 Å². The Morgan fingerprint density at radius 3 is 3.05 bits per heavy atom. The average Bonchev–Trinajstić information content (AvgIpc) is 3.15. The highest BCUT2D eigenvalue weighted by Gasteiger charge is 2.13. The summed E-state index contributed by atoms with van der Waals surface area (Å²) in [7, 11) is 0. The number of aryl methyl sites for hydroxylation is 1. The lowest BCUT2D eigenvalue weighted by molar-refractivity contribution is 0.398. The van der Waals surface area contributed by atoms with Crippen molar-refractivity contribution in [3.05, 3.63) is 47.9 Å². The number of hydrogen-bond acceptors (Lipinski definition) is 5. The third-order valence-corrected chi connectivity index (χ3v) is 4.03. The molecule has 4 rings (SSSR count). The second-order valence-electron chi connectivity index (χ2n) is 4.41. The lowest BCUT2D eigenvalue weighted by atomic mass is 10.2. The van der Waals surface area contributed by atoms with Gasteiger partial charge in [-0.15, -0.1) is 11.3 Å². The van der Waals surface area contributed by atoms with E-state index in [0.29, 0.717) is 0 Å². The molecule has 0 aliphatic rings. The molecule has 20 heavy (non-hydrogen) atoms. The fourth-order valence-corrected chi connectivity index (χ4v) is 2.98. The molecule has 0 spiro atoms. The first-order valence-electron chi connectivity index (χ1n) is 6.12. The molecule has 0 aromatic carbocycles. The maximum atomic E-state index is 5.09. The van der Waals surface area contributed by atoms with Gasteiger partial charge in [0.15, 0.2) is 0 Å². The molecule has 0 unspecified atom stereocenters. The standard InChI is InChI=1S/C14H10N4OS/c1-9-10(6-16-19-9)11-8-20-14(17-11)12-7-15-13-4-2-3-5-18(12)13/h2-8H,1H3. The molecule has 0 aliphatic carbocycles. The smallest absolute Gasteiger partial charge is 0.143 e. The second kappa shape index (κ2) is 4.28. The first kappa shape index (κ1) is 11.4. The lowest BCUT2D eigenvalue weighted by Gasteiger charge is -1.96. The van der Waals surface area contributed by atoms with Gasteiger partial charge >= 0.3 is 0 Å². The van der Waals surface area contributed by atoms with E-state index >= 15 is 0 Å². The van der Waals surface area contributed by atoms with Crippen LogP contribution >= 0.6 is 11.3 Å². The third-order valence-electron chi connectivity index (χ3n) is 3.17. The van der Waals surface area contributed by atoms with Crippen molar-refractivity contribution in [3.63, 3.8) is 0 Å². The van der Waals surface area contributed by atoms with Crippen molar-refractivity contribution >= 4 is 17.0 Å². The van der Waals surface area contributed by atoms with Gasteiger partial charge in [-0.3, -0.25) is 4.40 Å². The minimum Gasteiger partial charge on any atom is -0.361 e. The van der Waals surface area contributed by atoms with Crippen LogP contribution in [0.5, 0.6) is 0 Å². The van der Waals surface area contributed by atoms with Crippen molar-refractivity contribution < 1.29 is 4.52 Å². The highest BCUT2D eigenvalue weighted by atomic mass is 32.1. The lowest BCUT2D eigenvalue weighted by Crippen LogP contribution is -1.86. The predicted molar refractivity (Wildman–Crippen MR) is 76.5 cm³/mol. The van der Waals surface area contributed by atoms with Gasteiger partial charge < -0.3 is 4.52 Å². The molecule has 6 heteroatoms. The van der Waals surface area contributed by atoms with Crippen LogP contribution in [0.4, 0.5) is 0 Å². The van der Waals surface area contributed by atoms with Gasteiger partial charge in [-0.2, -0.15) is 0 Å². The van der Waals surface area contributed by atoms with Crippen LogP contribution in [0.25, 0.3) is 27.6 Å². The van der Waals surface area contributed by atoms with Crippen LogP contribution in [0.3, 0.4) is 0 Å². The van der Waals surface area contributed by atoms with E-state index < -0.39 is 0 Å². The quantitative estimate of drug-likeness (QED) is 0.565. The average molecular weight is 282 g/mol. The Morgan fingerprint density at radius 1 is 1.25 bits per heavy atom. The maximum absolute atomic E-state index is 5.09. The molecular formula is C14H10N4OS. The number of thiazole rings is 1. The minimum atomic E-state index is 0.778. The molecule has 0 amide bonds. The maximum Gasteiger partial charge on any atom is 0.143 e. The summed E-state index contributed by atoms with van der Waals surface area (Å²) in [5.41, 5.74) is 3.72. The van der Waals surface area contributed by atoms with E-state index in [1.807, 2.05) is 47.3 Å². The number of nitrogens with zero attached hydrogens (tertiary/aromatic N) is 4. The van der Waals surface area contributed by atoms with Gasteiger partial charge in [0.1, 0.15) is 22.1 Å². The van der Waals surface area contributed by atoms with Crippen molar-refractivity contribution in [2.75, 3.05) is 0 Å². The summed E-state index contributed by atoms with van der Waals surface area (Å²) in [6, 6.07) is 5.93. The monoisotopic (exact) mass is 282 g/mol. The van der Waals surface area contributed by atoms with Crippen LogP contribution < -0.4 is 0 Å². The molecule has 5 nitrogen and oxygen atoms in total. The van der Waals surface area contributed by atoms with E-state index in [-0.39, 0.29) is 0 Å². The van der Waals surface area contributed by atoms with Gasteiger partial charge in [0, 0.05) is 11.6 Å². The van der Waals surface area contributed by atoms with Crippen molar-refractivity contribution in [2.45, 2.75) is 6.92 Å². The molecule has 0 bridgehead atoms. The molecule has 4 heterocycles. The Kier molecular flexibility index (Phi) is 2.43. The van der Waals surface area contributed by atoms with E-state index in [4.69, 9.17) is 4.52 Å². The molecule has 0 N–H and O–H groups in total. The number of imidazole rings is 1. The topological polar surface area (TPSA) is 56.2 Å². The fraction of sp³-hybridized carbons (Fsp3) is 0.0714. The third kappa shape index (κ3) is 1.65. The zero-order chi connectivity index (χ0) is 13.5. The number of aromatic nitrogens is 4. The van der Waals surface area contributed by atoms with E-state index in [9.17, 15) is 0 Å². The first-order valence-corrected chi connectivity index (χ1v) is 7.00. The largest absolute Gasteiger partial charge is 0.361 e. The zero-order valence-electron chi connectivity index (χ0n) is 10.6. The van der Waals surface area contributed by atoms with Crippen LogP contribution in [0.1, 0.15) is 5.76 Å².